The maximum absolute atomic E-state index is 2.34. The lowest BCUT2D eigenvalue weighted by atomic mass is 9.94. The van der Waals surface area contributed by atoms with Crippen LogP contribution in [0.25, 0.3) is 95.2 Å². The van der Waals surface area contributed by atoms with Gasteiger partial charge in [0.2, 0.25) is 0 Å². The van der Waals surface area contributed by atoms with E-state index in [2.05, 4.69) is 425 Å². The van der Waals surface area contributed by atoms with Crippen molar-refractivity contribution >= 4 is 95.2 Å². The molecular weight excluding hydrogens is 1130 g/mol. The van der Waals surface area contributed by atoms with Gasteiger partial charge in [-0.1, -0.05) is 388 Å². The maximum Gasteiger partial charge on any atom is -0.0105 e. The first-order chi connectivity index (χ1) is 46.6. The summed E-state index contributed by atoms with van der Waals surface area (Å²) in [7, 11) is 0. The van der Waals surface area contributed by atoms with Gasteiger partial charge in [0.05, 0.1) is 0 Å². The summed E-state index contributed by atoms with van der Waals surface area (Å²) < 4.78 is 0. The molecule has 0 aliphatic heterocycles. The van der Waals surface area contributed by atoms with Gasteiger partial charge in [0, 0.05) is 0 Å². The first kappa shape index (κ1) is 60.7. The summed E-state index contributed by atoms with van der Waals surface area (Å²) in [6, 6.07) is 125. The van der Waals surface area contributed by atoms with Crippen molar-refractivity contribution in [3.8, 4) is 0 Å². The third-order valence-electron chi connectivity index (χ3n) is 16.8. The molecule has 0 atom stereocenters. The summed E-state index contributed by atoms with van der Waals surface area (Å²) in [5.74, 6) is 0. The van der Waals surface area contributed by atoms with E-state index in [4.69, 9.17) is 0 Å². The molecule has 0 spiro atoms. The van der Waals surface area contributed by atoms with Crippen molar-refractivity contribution in [2.24, 2.45) is 0 Å². The van der Waals surface area contributed by atoms with E-state index < -0.39 is 0 Å². The minimum absolute atomic E-state index is 1.10. The summed E-state index contributed by atoms with van der Waals surface area (Å²) in [6.07, 6.45) is 27.2. The summed E-state index contributed by atoms with van der Waals surface area (Å²) in [6.45, 7) is 0. The third-order valence-corrected chi connectivity index (χ3v) is 16.8. The lowest BCUT2D eigenvalue weighted by molar-refractivity contribution is 1.54. The molecule has 446 valence electrons. The molecule has 0 saturated heterocycles. The van der Waals surface area contributed by atoms with Crippen molar-refractivity contribution < 1.29 is 0 Å². The molecule has 0 unspecified atom stereocenters. The number of benzene rings is 13. The van der Waals surface area contributed by atoms with Crippen molar-refractivity contribution in [2.45, 2.75) is 0 Å². The van der Waals surface area contributed by atoms with Crippen LogP contribution < -0.4 is 0 Å². The molecular formula is C94H70. The molecule has 0 aliphatic rings. The largest absolute Gasteiger partial charge is 0.0622 e. The van der Waals surface area contributed by atoms with Gasteiger partial charge in [-0.3, -0.25) is 0 Å². The molecule has 0 heteroatoms. The first-order valence-electron chi connectivity index (χ1n) is 32.2. The first-order valence-corrected chi connectivity index (χ1v) is 32.2. The molecule has 0 saturated carbocycles. The van der Waals surface area contributed by atoms with Crippen LogP contribution in [-0.2, 0) is 0 Å². The highest BCUT2D eigenvalue weighted by molar-refractivity contribution is 5.95. The highest BCUT2D eigenvalue weighted by Gasteiger charge is 2.11. The van der Waals surface area contributed by atoms with Crippen LogP contribution in [0.3, 0.4) is 0 Å². The second kappa shape index (κ2) is 30.5. The zero-order valence-corrected chi connectivity index (χ0v) is 52.4. The van der Waals surface area contributed by atoms with Crippen LogP contribution in [-0.4, -0.2) is 0 Å². The highest BCUT2D eigenvalue weighted by Crippen LogP contribution is 2.33. The number of hydrogen-bond donors (Lipinski definition) is 0. The Bertz CT molecular complexity index is 4050. The molecule has 0 N–H and O–H groups in total. The van der Waals surface area contributed by atoms with Crippen LogP contribution in [0, 0.1) is 0 Å². The van der Waals surface area contributed by atoms with Gasteiger partial charge in [-0.2, -0.15) is 0 Å². The van der Waals surface area contributed by atoms with Crippen molar-refractivity contribution in [3.63, 3.8) is 0 Å². The standard InChI is InChI=1S/C94H70/c1-9-25-79(26-10-1)91(80-27-11-2-12-28-80)65-75-49-41-71(42-50-75)57-61-87-69-89(63-59-73-45-53-77(54-46-73)67-93(83-33-17-5-18-34-83)84-35-19-6-20-36-84)90(64-60-74-47-55-78(56-48-74)68-94(85-37-21-7-22-38-85)86-39-23-8-24-40-86)70-88(87)62-58-72-43-51-76(52-44-72)66-92(81-29-13-3-14-30-81)82-31-15-4-16-32-82/h1-70H. The topological polar surface area (TPSA) is 0 Å². The number of hydrogen-bond acceptors (Lipinski definition) is 0. The molecule has 13 rings (SSSR count). The normalized spacial score (nSPS) is 11.2. The summed E-state index contributed by atoms with van der Waals surface area (Å²) in [5, 5.41) is 0. The predicted octanol–water partition coefficient (Wildman–Crippen LogP) is 24.7. The molecule has 0 fully saturated rings. The molecule has 0 nitrogen and oxygen atoms in total. The minimum Gasteiger partial charge on any atom is -0.0622 e. The Hall–Kier alpha value is -12.2. The zero-order valence-electron chi connectivity index (χ0n) is 52.4. The SMILES string of the molecule is C(=Cc1cc(C=Cc2ccc(C=C(c3ccccc3)c3ccccc3)cc2)c(C=Cc2ccc(C=C(c3ccccc3)c3ccccc3)cc2)cc1C=Cc1ccc(C=C(c2ccccc2)c2ccccc2)cc1)c1ccc(C=C(c2ccccc2)c2ccccc2)cc1. The second-order valence-corrected chi connectivity index (χ2v) is 23.3. The molecule has 94 heavy (non-hydrogen) atoms. The summed E-state index contributed by atoms with van der Waals surface area (Å²) in [5.41, 5.74) is 27.6. The maximum atomic E-state index is 2.34. The third kappa shape index (κ3) is 16.0. The van der Waals surface area contributed by atoms with E-state index in [1.165, 1.54) is 66.8 Å². The molecule has 0 amide bonds. The zero-order chi connectivity index (χ0) is 63.4. The number of rotatable bonds is 20. The Morgan fingerprint density at radius 2 is 0.277 bits per heavy atom. The van der Waals surface area contributed by atoms with Gasteiger partial charge in [-0.25, -0.2) is 0 Å². The highest BCUT2D eigenvalue weighted by atomic mass is 14.2. The molecule has 0 radical (unpaired) electrons. The molecule has 0 aromatic heterocycles. The van der Waals surface area contributed by atoms with E-state index >= 15 is 0 Å². The molecule has 0 heterocycles. The van der Waals surface area contributed by atoms with Crippen molar-refractivity contribution in [2.75, 3.05) is 0 Å². The quantitative estimate of drug-likeness (QED) is 0.0667. The molecule has 0 bridgehead atoms. The Kier molecular flexibility index (Phi) is 19.7. The Morgan fingerprint density at radius 1 is 0.138 bits per heavy atom. The van der Waals surface area contributed by atoms with E-state index in [0.29, 0.717) is 0 Å². The molecule has 13 aromatic rings. The van der Waals surface area contributed by atoms with Gasteiger partial charge in [0.15, 0.2) is 0 Å². The molecule has 0 aliphatic carbocycles. The monoisotopic (exact) mass is 1200 g/mol. The van der Waals surface area contributed by atoms with E-state index in [9.17, 15) is 0 Å². The summed E-state index contributed by atoms with van der Waals surface area (Å²) in [4.78, 5) is 0. The van der Waals surface area contributed by atoms with Crippen LogP contribution >= 0.6 is 0 Å². The second-order valence-electron chi connectivity index (χ2n) is 23.3. The van der Waals surface area contributed by atoms with Crippen LogP contribution in [0.4, 0.5) is 0 Å². The van der Waals surface area contributed by atoms with E-state index in [1.54, 1.807) is 0 Å². The average Bonchev–Trinajstić information content (AvgIpc) is 1.48. The lowest BCUT2D eigenvalue weighted by Crippen LogP contribution is -1.90. The van der Waals surface area contributed by atoms with Gasteiger partial charge in [-0.15, -0.1) is 0 Å². The Labute approximate surface area is 554 Å². The van der Waals surface area contributed by atoms with Gasteiger partial charge < -0.3 is 0 Å². The van der Waals surface area contributed by atoms with E-state index in [1.807, 2.05) is 0 Å². The van der Waals surface area contributed by atoms with Gasteiger partial charge >= 0.3 is 0 Å². The predicted molar refractivity (Wildman–Crippen MR) is 407 cm³/mol. The van der Waals surface area contributed by atoms with Crippen molar-refractivity contribution in [1.29, 1.82) is 0 Å². The minimum atomic E-state index is 1.10. The van der Waals surface area contributed by atoms with Crippen LogP contribution in [0.5, 0.6) is 0 Å². The van der Waals surface area contributed by atoms with Crippen LogP contribution in [0.15, 0.2) is 352 Å². The van der Waals surface area contributed by atoms with Crippen LogP contribution in [0.1, 0.15) is 111 Å². The fourth-order valence-corrected chi connectivity index (χ4v) is 11.7. The van der Waals surface area contributed by atoms with Gasteiger partial charge in [-0.05, 0) is 170 Å². The van der Waals surface area contributed by atoms with Crippen molar-refractivity contribution in [3.05, 3.63) is 463 Å². The smallest absolute Gasteiger partial charge is 0.0105 e. The van der Waals surface area contributed by atoms with Crippen LogP contribution in [0.2, 0.25) is 0 Å². The Morgan fingerprint density at radius 3 is 0.426 bits per heavy atom. The van der Waals surface area contributed by atoms with Crippen molar-refractivity contribution in [1.82, 2.24) is 0 Å². The lowest BCUT2D eigenvalue weighted by Gasteiger charge is -2.11. The molecule has 13 aromatic carbocycles. The van der Waals surface area contributed by atoms with E-state index in [-0.39, 0.29) is 0 Å². The van der Waals surface area contributed by atoms with E-state index in [0.717, 1.165) is 66.8 Å². The fourth-order valence-electron chi connectivity index (χ4n) is 11.7. The summed E-state index contributed by atoms with van der Waals surface area (Å²) >= 11 is 0. The van der Waals surface area contributed by atoms with Gasteiger partial charge in [0.1, 0.15) is 0 Å². The van der Waals surface area contributed by atoms with Gasteiger partial charge in [0.25, 0.3) is 0 Å². The average molecular weight is 1200 g/mol. The fraction of sp³-hybridized carbons (Fsp3) is 0. The Balaban J connectivity index is 0.878.